The maximum absolute atomic E-state index is 12.6. The summed E-state index contributed by atoms with van der Waals surface area (Å²) in [6.07, 6.45) is 0.351. The lowest BCUT2D eigenvalue weighted by Crippen LogP contribution is -2.43. The van der Waals surface area contributed by atoms with Crippen LogP contribution in [-0.4, -0.2) is 36.0 Å². The van der Waals surface area contributed by atoms with Gasteiger partial charge in [-0.3, -0.25) is 14.4 Å². The van der Waals surface area contributed by atoms with Gasteiger partial charge in [-0.05, 0) is 44.0 Å². The molecular weight excluding hydrogens is 320 g/mol. The third-order valence-corrected chi connectivity index (χ3v) is 4.13. The first-order chi connectivity index (χ1) is 10.7. The van der Waals surface area contributed by atoms with Crippen LogP contribution < -0.4 is 10.2 Å². The lowest BCUT2D eigenvalue weighted by atomic mass is 9.86. The van der Waals surface area contributed by atoms with Gasteiger partial charge in [0.1, 0.15) is 6.54 Å². The fourth-order valence-corrected chi connectivity index (χ4v) is 2.80. The minimum atomic E-state index is -0.901. The molecule has 124 valence electrons. The van der Waals surface area contributed by atoms with Crippen molar-refractivity contribution in [2.75, 3.05) is 18.0 Å². The molecule has 1 aliphatic heterocycles. The standard InChI is InChI=1S/C16H19ClN2O4/c1-16(2)11-8-10(17)5-6-12(11)19(15(16)23)9-13(20)18-7-3-4-14(21)22/h5-6,8H,3-4,7,9H2,1-2H3,(H,18,20)(H,21,22). The Balaban J connectivity index is 2.05. The second-order valence-corrected chi connectivity index (χ2v) is 6.46. The number of halogens is 1. The molecule has 7 heteroatoms. The number of hydrogen-bond donors (Lipinski definition) is 2. The van der Waals surface area contributed by atoms with Crippen molar-refractivity contribution in [1.82, 2.24) is 5.32 Å². The second-order valence-electron chi connectivity index (χ2n) is 6.03. The molecular formula is C16H19ClN2O4. The lowest BCUT2D eigenvalue weighted by molar-refractivity contribution is -0.137. The Morgan fingerprint density at radius 1 is 1.35 bits per heavy atom. The van der Waals surface area contributed by atoms with Crippen molar-refractivity contribution in [2.24, 2.45) is 0 Å². The number of benzene rings is 1. The van der Waals surface area contributed by atoms with Gasteiger partial charge in [-0.15, -0.1) is 0 Å². The van der Waals surface area contributed by atoms with E-state index in [1.165, 1.54) is 4.90 Å². The van der Waals surface area contributed by atoms with Crippen molar-refractivity contribution in [3.63, 3.8) is 0 Å². The molecule has 0 radical (unpaired) electrons. The van der Waals surface area contributed by atoms with Crippen molar-refractivity contribution < 1.29 is 19.5 Å². The normalized spacial score (nSPS) is 15.4. The number of anilines is 1. The summed E-state index contributed by atoms with van der Waals surface area (Å²) in [7, 11) is 0. The van der Waals surface area contributed by atoms with Gasteiger partial charge < -0.3 is 15.3 Å². The molecule has 23 heavy (non-hydrogen) atoms. The van der Waals surface area contributed by atoms with E-state index in [1.807, 2.05) is 0 Å². The number of aliphatic carboxylic acids is 1. The first-order valence-electron chi connectivity index (χ1n) is 7.34. The maximum Gasteiger partial charge on any atom is 0.303 e. The molecule has 0 saturated heterocycles. The Hall–Kier alpha value is -2.08. The number of nitrogens with one attached hydrogen (secondary N) is 1. The van der Waals surface area contributed by atoms with Gasteiger partial charge in [-0.1, -0.05) is 11.6 Å². The van der Waals surface area contributed by atoms with Crippen molar-refractivity contribution >= 4 is 35.1 Å². The highest BCUT2D eigenvalue weighted by molar-refractivity contribution is 6.31. The van der Waals surface area contributed by atoms with Gasteiger partial charge in [0, 0.05) is 23.7 Å². The van der Waals surface area contributed by atoms with Gasteiger partial charge in [0.05, 0.1) is 5.41 Å². The summed E-state index contributed by atoms with van der Waals surface area (Å²) < 4.78 is 0. The van der Waals surface area contributed by atoms with Gasteiger partial charge in [-0.25, -0.2) is 0 Å². The van der Waals surface area contributed by atoms with E-state index in [4.69, 9.17) is 16.7 Å². The molecule has 2 amide bonds. The Morgan fingerprint density at radius 3 is 2.70 bits per heavy atom. The number of amides is 2. The molecule has 2 N–H and O–H groups in total. The zero-order chi connectivity index (χ0) is 17.2. The first kappa shape index (κ1) is 17.3. The molecule has 0 spiro atoms. The largest absolute Gasteiger partial charge is 0.481 e. The van der Waals surface area contributed by atoms with Crippen LogP contribution in [0.2, 0.25) is 5.02 Å². The molecule has 1 aliphatic rings. The molecule has 2 rings (SSSR count). The summed E-state index contributed by atoms with van der Waals surface area (Å²) in [5.41, 5.74) is 0.753. The molecule has 0 aliphatic carbocycles. The Bertz CT molecular complexity index is 657. The van der Waals surface area contributed by atoms with E-state index in [0.717, 1.165) is 5.56 Å². The number of carbonyl (C=O) groups excluding carboxylic acids is 2. The molecule has 0 bridgehead atoms. The van der Waals surface area contributed by atoms with Gasteiger partial charge in [0.2, 0.25) is 11.8 Å². The zero-order valence-corrected chi connectivity index (χ0v) is 13.8. The molecule has 0 unspecified atom stereocenters. The fraction of sp³-hybridized carbons (Fsp3) is 0.438. The van der Waals surface area contributed by atoms with Crippen LogP contribution in [0.15, 0.2) is 18.2 Å². The van der Waals surface area contributed by atoms with E-state index in [2.05, 4.69) is 5.32 Å². The van der Waals surface area contributed by atoms with Crippen molar-refractivity contribution in [3.8, 4) is 0 Å². The van der Waals surface area contributed by atoms with E-state index >= 15 is 0 Å². The van der Waals surface area contributed by atoms with Crippen LogP contribution in [0.5, 0.6) is 0 Å². The van der Waals surface area contributed by atoms with Crippen LogP contribution in [0.25, 0.3) is 0 Å². The number of rotatable bonds is 6. The third kappa shape index (κ3) is 3.64. The van der Waals surface area contributed by atoms with Gasteiger partial charge in [0.25, 0.3) is 0 Å². The number of carbonyl (C=O) groups is 3. The average molecular weight is 339 g/mol. The number of carboxylic acid groups (broad SMARTS) is 1. The summed E-state index contributed by atoms with van der Waals surface area (Å²) in [4.78, 5) is 36.4. The number of nitrogens with zero attached hydrogens (tertiary/aromatic N) is 1. The number of carboxylic acids is 1. The van der Waals surface area contributed by atoms with Crippen LogP contribution in [-0.2, 0) is 19.8 Å². The number of fused-ring (bicyclic) bond motifs is 1. The van der Waals surface area contributed by atoms with E-state index in [0.29, 0.717) is 17.1 Å². The lowest BCUT2D eigenvalue weighted by Gasteiger charge is -2.20. The predicted molar refractivity (Wildman–Crippen MR) is 86.7 cm³/mol. The summed E-state index contributed by atoms with van der Waals surface area (Å²) in [5, 5.41) is 11.7. The topological polar surface area (TPSA) is 86.7 Å². The molecule has 0 saturated carbocycles. The first-order valence-corrected chi connectivity index (χ1v) is 7.72. The highest BCUT2D eigenvalue weighted by Crippen LogP contribution is 2.42. The molecule has 6 nitrogen and oxygen atoms in total. The summed E-state index contributed by atoms with van der Waals surface area (Å²) in [6.45, 7) is 3.78. The highest BCUT2D eigenvalue weighted by atomic mass is 35.5. The van der Waals surface area contributed by atoms with Gasteiger partial charge in [-0.2, -0.15) is 0 Å². The van der Waals surface area contributed by atoms with Crippen molar-refractivity contribution in [2.45, 2.75) is 32.1 Å². The van der Waals surface area contributed by atoms with E-state index in [9.17, 15) is 14.4 Å². The monoisotopic (exact) mass is 338 g/mol. The molecule has 1 aromatic carbocycles. The van der Waals surface area contributed by atoms with Gasteiger partial charge >= 0.3 is 5.97 Å². The number of hydrogen-bond acceptors (Lipinski definition) is 3. The molecule has 1 aromatic rings. The van der Waals surface area contributed by atoms with E-state index in [-0.39, 0.29) is 31.3 Å². The van der Waals surface area contributed by atoms with E-state index < -0.39 is 11.4 Å². The smallest absolute Gasteiger partial charge is 0.303 e. The molecule has 1 heterocycles. The van der Waals surface area contributed by atoms with Gasteiger partial charge in [0.15, 0.2) is 0 Å². The Kier molecular flexibility index (Phi) is 4.94. The second kappa shape index (κ2) is 6.58. The van der Waals surface area contributed by atoms with Crippen LogP contribution >= 0.6 is 11.6 Å². The van der Waals surface area contributed by atoms with Crippen molar-refractivity contribution in [1.29, 1.82) is 0 Å². The van der Waals surface area contributed by atoms with Crippen LogP contribution in [0.3, 0.4) is 0 Å². The highest BCUT2D eigenvalue weighted by Gasteiger charge is 2.44. The third-order valence-electron chi connectivity index (χ3n) is 3.89. The Labute approximate surface area is 139 Å². The fourth-order valence-electron chi connectivity index (χ4n) is 2.63. The molecule has 0 fully saturated rings. The summed E-state index contributed by atoms with van der Waals surface area (Å²) in [5.74, 6) is -1.38. The predicted octanol–water partition coefficient (Wildman–Crippen LogP) is 1.95. The Morgan fingerprint density at radius 2 is 2.04 bits per heavy atom. The van der Waals surface area contributed by atoms with Crippen LogP contribution in [0, 0.1) is 0 Å². The van der Waals surface area contributed by atoms with Crippen molar-refractivity contribution in [3.05, 3.63) is 28.8 Å². The van der Waals surface area contributed by atoms with Crippen LogP contribution in [0.4, 0.5) is 5.69 Å². The molecule has 0 atom stereocenters. The zero-order valence-electron chi connectivity index (χ0n) is 13.1. The average Bonchev–Trinajstić information content (AvgIpc) is 2.65. The minimum Gasteiger partial charge on any atom is -0.481 e. The quantitative estimate of drug-likeness (QED) is 0.776. The van der Waals surface area contributed by atoms with Crippen LogP contribution in [0.1, 0.15) is 32.3 Å². The minimum absolute atomic E-state index is 0.00269. The SMILES string of the molecule is CC1(C)C(=O)N(CC(=O)NCCCC(=O)O)c2ccc(Cl)cc21. The maximum atomic E-state index is 12.6. The summed E-state index contributed by atoms with van der Waals surface area (Å²) in [6, 6.07) is 5.18. The molecule has 0 aromatic heterocycles. The van der Waals surface area contributed by atoms with E-state index in [1.54, 1.807) is 32.0 Å². The summed E-state index contributed by atoms with van der Waals surface area (Å²) >= 11 is 6.00.